The largest absolute Gasteiger partial charge is 0.275 e. The first-order valence-corrected chi connectivity index (χ1v) is 7.15. The Bertz CT molecular complexity index is 300. The fraction of sp³-hybridized carbons (Fsp3) is 0.688. The molecule has 106 valence electrons. The van der Waals surface area contributed by atoms with E-state index in [2.05, 4.69) is 32.4 Å². The third kappa shape index (κ3) is 10.1. The standard InChI is InChI=1S/C7H10N2.C7H16.C2H6/c1-6(2)7-4-8-9(3)5-7;1-4-6-7(3)5-2;1-2/h4-5H,1H2,2-3H3;7H,4-6H2,1-3H3;1-2H3. The lowest BCUT2D eigenvalue weighted by Gasteiger charge is -2.02. The molecule has 2 heteroatoms. The summed E-state index contributed by atoms with van der Waals surface area (Å²) in [6.45, 7) is 16.6. The molecule has 0 aliphatic rings. The smallest absolute Gasteiger partial charge is 0.0564 e. The van der Waals surface area contributed by atoms with Crippen molar-refractivity contribution in [3.8, 4) is 0 Å². The Kier molecular flexibility index (Phi) is 13.3. The molecule has 1 atom stereocenters. The Morgan fingerprint density at radius 1 is 1.39 bits per heavy atom. The fourth-order valence-electron chi connectivity index (χ4n) is 1.34. The van der Waals surface area contributed by atoms with Crippen LogP contribution in [0.1, 0.15) is 66.4 Å². The van der Waals surface area contributed by atoms with Crippen molar-refractivity contribution in [3.63, 3.8) is 0 Å². The molecule has 0 aliphatic heterocycles. The number of aryl methyl sites for hydroxylation is 1. The highest BCUT2D eigenvalue weighted by molar-refractivity contribution is 5.59. The summed E-state index contributed by atoms with van der Waals surface area (Å²) < 4.78 is 1.77. The molecule has 0 N–H and O–H groups in total. The van der Waals surface area contributed by atoms with Crippen LogP contribution in [0.4, 0.5) is 0 Å². The summed E-state index contributed by atoms with van der Waals surface area (Å²) in [7, 11) is 1.90. The van der Waals surface area contributed by atoms with Crippen molar-refractivity contribution in [2.45, 2.75) is 60.8 Å². The van der Waals surface area contributed by atoms with Crippen LogP contribution in [0.2, 0.25) is 0 Å². The molecule has 0 spiro atoms. The molecule has 0 fully saturated rings. The number of hydrogen-bond acceptors (Lipinski definition) is 1. The van der Waals surface area contributed by atoms with Gasteiger partial charge in [-0.3, -0.25) is 4.68 Å². The number of hydrogen-bond donors (Lipinski definition) is 0. The molecule has 2 nitrogen and oxygen atoms in total. The van der Waals surface area contributed by atoms with Crippen molar-refractivity contribution < 1.29 is 0 Å². The van der Waals surface area contributed by atoms with Crippen LogP contribution in [-0.4, -0.2) is 9.78 Å². The second kappa shape index (κ2) is 12.4. The SMILES string of the molecule is C=C(C)c1cnn(C)c1.CC.CCCC(C)CC. The van der Waals surface area contributed by atoms with Crippen LogP contribution >= 0.6 is 0 Å². The van der Waals surface area contributed by atoms with Crippen molar-refractivity contribution >= 4 is 5.57 Å². The van der Waals surface area contributed by atoms with E-state index in [1.165, 1.54) is 19.3 Å². The van der Waals surface area contributed by atoms with E-state index in [4.69, 9.17) is 0 Å². The summed E-state index contributed by atoms with van der Waals surface area (Å²) in [5.74, 6) is 0.949. The first kappa shape index (κ1) is 19.3. The van der Waals surface area contributed by atoms with Crippen LogP contribution in [0.3, 0.4) is 0 Å². The molecule has 0 radical (unpaired) electrons. The van der Waals surface area contributed by atoms with Crippen LogP contribution in [0.5, 0.6) is 0 Å². The van der Waals surface area contributed by atoms with Crippen molar-refractivity contribution in [1.29, 1.82) is 0 Å². The van der Waals surface area contributed by atoms with Gasteiger partial charge >= 0.3 is 0 Å². The van der Waals surface area contributed by atoms with Gasteiger partial charge in [0.2, 0.25) is 0 Å². The fourth-order valence-corrected chi connectivity index (χ4v) is 1.34. The molecule has 1 unspecified atom stereocenters. The predicted octanol–water partition coefficient (Wildman–Crippen LogP) is 5.31. The molecule has 18 heavy (non-hydrogen) atoms. The predicted molar refractivity (Wildman–Crippen MR) is 83.6 cm³/mol. The maximum atomic E-state index is 3.99. The Morgan fingerprint density at radius 3 is 2.11 bits per heavy atom. The van der Waals surface area contributed by atoms with Gasteiger partial charge in [-0.15, -0.1) is 0 Å². The maximum Gasteiger partial charge on any atom is 0.0564 e. The van der Waals surface area contributed by atoms with Crippen LogP contribution < -0.4 is 0 Å². The van der Waals surface area contributed by atoms with Gasteiger partial charge in [0.05, 0.1) is 6.20 Å². The second-order valence-electron chi connectivity index (χ2n) is 4.49. The number of aromatic nitrogens is 2. The first-order valence-electron chi connectivity index (χ1n) is 7.15. The molecular weight excluding hydrogens is 220 g/mol. The minimum atomic E-state index is 0.949. The highest BCUT2D eigenvalue weighted by Crippen LogP contribution is 2.08. The van der Waals surface area contributed by atoms with Crippen molar-refractivity contribution in [1.82, 2.24) is 9.78 Å². The highest BCUT2D eigenvalue weighted by Gasteiger charge is 1.93. The van der Waals surface area contributed by atoms with E-state index in [1.54, 1.807) is 4.68 Å². The van der Waals surface area contributed by atoms with Crippen molar-refractivity contribution in [2.75, 3.05) is 0 Å². The molecule has 0 bridgehead atoms. The zero-order chi connectivity index (χ0) is 14.6. The molecule has 0 amide bonds. The van der Waals surface area contributed by atoms with E-state index in [0.29, 0.717) is 0 Å². The Labute approximate surface area is 114 Å². The molecule has 0 aliphatic carbocycles. The van der Waals surface area contributed by atoms with E-state index < -0.39 is 0 Å². The summed E-state index contributed by atoms with van der Waals surface area (Å²) in [5.41, 5.74) is 2.17. The van der Waals surface area contributed by atoms with E-state index >= 15 is 0 Å². The average Bonchev–Trinajstić information content (AvgIpc) is 2.80. The van der Waals surface area contributed by atoms with E-state index in [9.17, 15) is 0 Å². The van der Waals surface area contributed by atoms with Gasteiger partial charge in [0.25, 0.3) is 0 Å². The number of allylic oxidation sites excluding steroid dienone is 1. The topological polar surface area (TPSA) is 17.8 Å². The summed E-state index contributed by atoms with van der Waals surface area (Å²) in [6, 6.07) is 0. The summed E-state index contributed by atoms with van der Waals surface area (Å²) in [5, 5.41) is 3.99. The van der Waals surface area contributed by atoms with Crippen LogP contribution in [0, 0.1) is 5.92 Å². The zero-order valence-corrected chi connectivity index (χ0v) is 13.5. The Hall–Kier alpha value is -1.05. The molecule has 1 aromatic rings. The van der Waals surface area contributed by atoms with E-state index in [0.717, 1.165) is 17.1 Å². The molecule has 1 heterocycles. The third-order valence-electron chi connectivity index (χ3n) is 2.68. The van der Waals surface area contributed by atoms with E-state index in [1.807, 2.05) is 40.2 Å². The minimum absolute atomic E-state index is 0.949. The van der Waals surface area contributed by atoms with Crippen molar-refractivity contribution in [3.05, 3.63) is 24.5 Å². The van der Waals surface area contributed by atoms with Gasteiger partial charge in [-0.2, -0.15) is 5.10 Å². The molecule has 1 rings (SSSR count). The van der Waals surface area contributed by atoms with Gasteiger partial charge in [0.15, 0.2) is 0 Å². The third-order valence-corrected chi connectivity index (χ3v) is 2.68. The number of nitrogens with zero attached hydrogens (tertiary/aromatic N) is 2. The highest BCUT2D eigenvalue weighted by atomic mass is 15.2. The van der Waals surface area contributed by atoms with Gasteiger partial charge in [-0.25, -0.2) is 0 Å². The average molecular weight is 252 g/mol. The quantitative estimate of drug-likeness (QED) is 0.710. The number of rotatable bonds is 4. The monoisotopic (exact) mass is 252 g/mol. The van der Waals surface area contributed by atoms with Gasteiger partial charge in [-0.1, -0.05) is 60.5 Å². The second-order valence-corrected chi connectivity index (χ2v) is 4.49. The molecule has 0 saturated heterocycles. The molecule has 0 aromatic carbocycles. The zero-order valence-electron chi connectivity index (χ0n) is 13.5. The first-order chi connectivity index (χ1) is 8.51. The summed E-state index contributed by atoms with van der Waals surface area (Å²) in [6.07, 6.45) is 7.84. The normalized spacial score (nSPS) is 10.6. The van der Waals surface area contributed by atoms with Crippen LogP contribution in [-0.2, 0) is 7.05 Å². The van der Waals surface area contributed by atoms with Crippen molar-refractivity contribution in [2.24, 2.45) is 13.0 Å². The minimum Gasteiger partial charge on any atom is -0.275 e. The Balaban J connectivity index is 0. The molecule has 0 saturated carbocycles. The lowest BCUT2D eigenvalue weighted by atomic mass is 10.0. The Morgan fingerprint density at radius 2 is 1.94 bits per heavy atom. The maximum absolute atomic E-state index is 3.99. The van der Waals surface area contributed by atoms with Gasteiger partial charge in [0.1, 0.15) is 0 Å². The van der Waals surface area contributed by atoms with Crippen LogP contribution in [0.15, 0.2) is 19.0 Å². The van der Waals surface area contributed by atoms with Gasteiger partial charge in [-0.05, 0) is 18.4 Å². The molecule has 1 aromatic heterocycles. The lowest BCUT2D eigenvalue weighted by Crippen LogP contribution is -1.88. The molecular formula is C16H32N2. The van der Waals surface area contributed by atoms with Gasteiger partial charge < -0.3 is 0 Å². The summed E-state index contributed by atoms with van der Waals surface area (Å²) in [4.78, 5) is 0. The van der Waals surface area contributed by atoms with Gasteiger partial charge in [0, 0.05) is 18.8 Å². The van der Waals surface area contributed by atoms with Crippen LogP contribution in [0.25, 0.3) is 5.57 Å². The van der Waals surface area contributed by atoms with E-state index in [-0.39, 0.29) is 0 Å². The lowest BCUT2D eigenvalue weighted by molar-refractivity contribution is 0.509. The summed E-state index contributed by atoms with van der Waals surface area (Å²) >= 11 is 0.